The van der Waals surface area contributed by atoms with Gasteiger partial charge in [-0.2, -0.15) is 5.10 Å². The molecular formula is C18H15Cl3N6O2. The highest BCUT2D eigenvalue weighted by atomic mass is 35.5. The van der Waals surface area contributed by atoms with Crippen molar-refractivity contribution in [2.75, 3.05) is 12.1 Å². The summed E-state index contributed by atoms with van der Waals surface area (Å²) in [4.78, 5) is 29.7. The van der Waals surface area contributed by atoms with E-state index in [1.807, 2.05) is 0 Å². The SMILES string of the molecule is CNC(=O)c1cc(Cl)cc(C)c1N(N)C(=O)c1cc(Cl)nn1-c1ncccc1Cl. The average Bonchev–Trinajstić information content (AvgIpc) is 3.07. The maximum atomic E-state index is 13.2. The van der Waals surface area contributed by atoms with Crippen LogP contribution in [0.25, 0.3) is 5.82 Å². The maximum Gasteiger partial charge on any atom is 0.291 e. The molecule has 1 aromatic carbocycles. The highest BCUT2D eigenvalue weighted by molar-refractivity contribution is 6.32. The molecule has 3 N–H and O–H groups in total. The summed E-state index contributed by atoms with van der Waals surface area (Å²) >= 11 is 18.3. The van der Waals surface area contributed by atoms with Crippen molar-refractivity contribution in [3.8, 4) is 5.82 Å². The van der Waals surface area contributed by atoms with Crippen LogP contribution in [0.15, 0.2) is 36.5 Å². The van der Waals surface area contributed by atoms with E-state index < -0.39 is 11.8 Å². The van der Waals surface area contributed by atoms with E-state index in [9.17, 15) is 9.59 Å². The highest BCUT2D eigenvalue weighted by Crippen LogP contribution is 2.29. The molecule has 0 atom stereocenters. The Bertz CT molecular complexity index is 1110. The lowest BCUT2D eigenvalue weighted by molar-refractivity contribution is 0.0963. The summed E-state index contributed by atoms with van der Waals surface area (Å²) in [6.07, 6.45) is 1.50. The number of hydrogen-bond donors (Lipinski definition) is 2. The molecule has 0 saturated carbocycles. The summed E-state index contributed by atoms with van der Waals surface area (Å²) in [7, 11) is 1.46. The zero-order valence-electron chi connectivity index (χ0n) is 15.3. The van der Waals surface area contributed by atoms with Crippen LogP contribution >= 0.6 is 34.8 Å². The largest absolute Gasteiger partial charge is 0.355 e. The predicted molar refractivity (Wildman–Crippen MR) is 112 cm³/mol. The van der Waals surface area contributed by atoms with E-state index in [1.54, 1.807) is 25.1 Å². The molecular weight excluding hydrogens is 439 g/mol. The Balaban J connectivity index is 2.12. The lowest BCUT2D eigenvalue weighted by Gasteiger charge is -2.22. The summed E-state index contributed by atoms with van der Waals surface area (Å²) in [5.74, 6) is 5.21. The molecule has 0 aliphatic rings. The molecule has 8 nitrogen and oxygen atoms in total. The first-order chi connectivity index (χ1) is 13.7. The first-order valence-corrected chi connectivity index (χ1v) is 9.35. The van der Waals surface area contributed by atoms with Gasteiger partial charge in [-0.3, -0.25) is 9.59 Å². The van der Waals surface area contributed by atoms with Crippen LogP contribution in [-0.4, -0.2) is 33.6 Å². The second-order valence-corrected chi connectivity index (χ2v) is 7.18. The number of amides is 2. The number of aromatic nitrogens is 3. The van der Waals surface area contributed by atoms with Gasteiger partial charge in [0.25, 0.3) is 11.8 Å². The molecule has 29 heavy (non-hydrogen) atoms. The van der Waals surface area contributed by atoms with Gasteiger partial charge in [-0.25, -0.2) is 20.5 Å². The molecule has 0 unspecified atom stereocenters. The van der Waals surface area contributed by atoms with E-state index in [0.717, 1.165) is 5.01 Å². The number of pyridine rings is 1. The van der Waals surface area contributed by atoms with Crippen molar-refractivity contribution in [3.63, 3.8) is 0 Å². The number of carbonyl (C=O) groups excluding carboxylic acids is 2. The Kier molecular flexibility index (Phi) is 6.09. The minimum Gasteiger partial charge on any atom is -0.355 e. The minimum absolute atomic E-state index is 0.00954. The number of anilines is 1. The third-order valence-electron chi connectivity index (χ3n) is 4.03. The third kappa shape index (κ3) is 4.06. The van der Waals surface area contributed by atoms with E-state index in [2.05, 4.69) is 15.4 Å². The maximum absolute atomic E-state index is 13.2. The fraction of sp³-hybridized carbons (Fsp3) is 0.111. The fourth-order valence-electron chi connectivity index (χ4n) is 2.79. The Morgan fingerprint density at radius 1 is 1.21 bits per heavy atom. The Labute approximate surface area is 181 Å². The van der Waals surface area contributed by atoms with Gasteiger partial charge in [-0.1, -0.05) is 34.8 Å². The Morgan fingerprint density at radius 2 is 1.93 bits per heavy atom. The number of nitrogens with zero attached hydrogens (tertiary/aromatic N) is 4. The average molecular weight is 454 g/mol. The topological polar surface area (TPSA) is 106 Å². The molecule has 0 saturated heterocycles. The van der Waals surface area contributed by atoms with E-state index in [4.69, 9.17) is 40.6 Å². The van der Waals surface area contributed by atoms with Gasteiger partial charge in [0.15, 0.2) is 11.0 Å². The van der Waals surface area contributed by atoms with Crippen molar-refractivity contribution in [2.24, 2.45) is 5.84 Å². The van der Waals surface area contributed by atoms with Gasteiger partial charge < -0.3 is 5.32 Å². The van der Waals surface area contributed by atoms with Crippen LogP contribution in [0.5, 0.6) is 0 Å². The lowest BCUT2D eigenvalue weighted by Crippen LogP contribution is -2.40. The normalized spacial score (nSPS) is 10.7. The van der Waals surface area contributed by atoms with Gasteiger partial charge in [0.2, 0.25) is 0 Å². The van der Waals surface area contributed by atoms with Crippen LogP contribution in [0.2, 0.25) is 15.2 Å². The summed E-state index contributed by atoms with van der Waals surface area (Å²) < 4.78 is 1.19. The fourth-order valence-corrected chi connectivity index (χ4v) is 3.44. The van der Waals surface area contributed by atoms with Gasteiger partial charge in [-0.15, -0.1) is 0 Å². The second-order valence-electron chi connectivity index (χ2n) is 5.95. The van der Waals surface area contributed by atoms with Gasteiger partial charge in [0.1, 0.15) is 5.69 Å². The third-order valence-corrected chi connectivity index (χ3v) is 4.73. The van der Waals surface area contributed by atoms with Crippen LogP contribution in [0.4, 0.5) is 5.69 Å². The number of hydrazine groups is 1. The number of hydrogen-bond acceptors (Lipinski definition) is 5. The smallest absolute Gasteiger partial charge is 0.291 e. The quantitative estimate of drug-likeness (QED) is 0.358. The molecule has 3 aromatic rings. The lowest BCUT2D eigenvalue weighted by atomic mass is 10.1. The van der Waals surface area contributed by atoms with Crippen LogP contribution in [0, 0.1) is 6.92 Å². The number of nitrogens with one attached hydrogen (secondary N) is 1. The van der Waals surface area contributed by atoms with Crippen molar-refractivity contribution in [1.82, 2.24) is 20.1 Å². The molecule has 150 valence electrons. The molecule has 2 heterocycles. The summed E-state index contributed by atoms with van der Waals surface area (Å²) in [5.41, 5.74) is 0.867. The molecule has 0 radical (unpaired) electrons. The first kappa shape index (κ1) is 21.1. The van der Waals surface area contributed by atoms with Crippen molar-refractivity contribution in [3.05, 3.63) is 68.5 Å². The zero-order valence-corrected chi connectivity index (χ0v) is 17.5. The van der Waals surface area contributed by atoms with Gasteiger partial charge in [-0.05, 0) is 36.8 Å². The van der Waals surface area contributed by atoms with E-state index in [-0.39, 0.29) is 32.9 Å². The molecule has 3 rings (SSSR count). The number of nitrogens with two attached hydrogens (primary N) is 1. The van der Waals surface area contributed by atoms with Crippen molar-refractivity contribution < 1.29 is 9.59 Å². The van der Waals surface area contributed by atoms with E-state index in [1.165, 1.54) is 30.1 Å². The minimum atomic E-state index is -0.679. The standard InChI is InChI=1S/C18H15Cl3N6O2/c1-9-6-10(19)7-11(17(28)23-2)15(9)26(22)18(29)13-8-14(21)25-27(13)16-12(20)4-3-5-24-16/h3-8H,22H2,1-2H3,(H,23,28). The van der Waals surface area contributed by atoms with Crippen molar-refractivity contribution in [1.29, 1.82) is 0 Å². The van der Waals surface area contributed by atoms with Crippen molar-refractivity contribution >= 4 is 52.3 Å². The van der Waals surface area contributed by atoms with Crippen LogP contribution in [-0.2, 0) is 0 Å². The van der Waals surface area contributed by atoms with Crippen molar-refractivity contribution in [2.45, 2.75) is 6.92 Å². The molecule has 0 fully saturated rings. The monoisotopic (exact) mass is 452 g/mol. The number of rotatable bonds is 4. The Hall–Kier alpha value is -2.65. The second kappa shape index (κ2) is 8.38. The van der Waals surface area contributed by atoms with Gasteiger partial charge >= 0.3 is 0 Å². The number of benzene rings is 1. The molecule has 0 spiro atoms. The van der Waals surface area contributed by atoms with E-state index in [0.29, 0.717) is 10.6 Å². The van der Waals surface area contributed by atoms with Gasteiger partial charge in [0.05, 0.1) is 16.3 Å². The highest BCUT2D eigenvalue weighted by Gasteiger charge is 2.27. The summed E-state index contributed by atoms with van der Waals surface area (Å²) in [5, 5.41) is 8.07. The number of carbonyl (C=O) groups is 2. The zero-order chi connectivity index (χ0) is 21.3. The summed E-state index contributed by atoms with van der Waals surface area (Å²) in [6, 6.07) is 7.59. The summed E-state index contributed by atoms with van der Waals surface area (Å²) in [6.45, 7) is 1.68. The van der Waals surface area contributed by atoms with Gasteiger partial charge in [0, 0.05) is 24.3 Å². The molecule has 0 aliphatic heterocycles. The molecule has 2 amide bonds. The predicted octanol–water partition coefficient (Wildman–Crippen LogP) is 3.42. The molecule has 11 heteroatoms. The molecule has 2 aromatic heterocycles. The van der Waals surface area contributed by atoms with Crippen LogP contribution in [0.3, 0.4) is 0 Å². The van der Waals surface area contributed by atoms with Crippen LogP contribution < -0.4 is 16.2 Å². The number of aryl methyl sites for hydroxylation is 1. The van der Waals surface area contributed by atoms with Crippen LogP contribution in [0.1, 0.15) is 26.4 Å². The Morgan fingerprint density at radius 3 is 2.59 bits per heavy atom. The van der Waals surface area contributed by atoms with E-state index >= 15 is 0 Å². The first-order valence-electron chi connectivity index (χ1n) is 8.22. The number of halogens is 3. The molecule has 0 aliphatic carbocycles. The molecule has 0 bridgehead atoms.